The normalized spacial score (nSPS) is 16.4. The zero-order chi connectivity index (χ0) is 13.4. The van der Waals surface area contributed by atoms with E-state index >= 15 is 0 Å². The lowest BCUT2D eigenvalue weighted by molar-refractivity contribution is 0.208. The molecular weight excluding hydrogens is 240 g/mol. The summed E-state index contributed by atoms with van der Waals surface area (Å²) in [7, 11) is 1.84. The molecule has 4 heteroatoms. The Hall–Kier alpha value is -1.81. The van der Waals surface area contributed by atoms with Crippen LogP contribution in [0.3, 0.4) is 0 Å². The van der Waals surface area contributed by atoms with Gasteiger partial charge in [0.15, 0.2) is 0 Å². The summed E-state index contributed by atoms with van der Waals surface area (Å²) in [6, 6.07) is 9.57. The maximum Gasteiger partial charge on any atom is 0.121 e. The van der Waals surface area contributed by atoms with Crippen LogP contribution in [0.5, 0.6) is 5.75 Å². The Morgan fingerprint density at radius 3 is 2.79 bits per heavy atom. The summed E-state index contributed by atoms with van der Waals surface area (Å²) in [5.74, 6) is 0.831. The fourth-order valence-electron chi connectivity index (χ4n) is 2.19. The molecule has 3 rings (SSSR count). The van der Waals surface area contributed by atoms with E-state index in [9.17, 15) is 5.11 Å². The van der Waals surface area contributed by atoms with Gasteiger partial charge < -0.3 is 9.84 Å². The molecule has 0 aliphatic heterocycles. The molecule has 1 aliphatic carbocycles. The van der Waals surface area contributed by atoms with Gasteiger partial charge in [0.05, 0.1) is 17.5 Å². The van der Waals surface area contributed by atoms with Crippen molar-refractivity contribution in [3.63, 3.8) is 0 Å². The monoisotopic (exact) mass is 258 g/mol. The maximum absolute atomic E-state index is 10.4. The summed E-state index contributed by atoms with van der Waals surface area (Å²) in [4.78, 5) is 0. The number of hydrogen-bond acceptors (Lipinski definition) is 3. The largest absolute Gasteiger partial charge is 0.490 e. The summed E-state index contributed by atoms with van der Waals surface area (Å²) in [6.07, 6.45) is 1.96. The first-order valence-corrected chi connectivity index (χ1v) is 6.59. The molecule has 1 aromatic heterocycles. The average Bonchev–Trinajstić information content (AvgIpc) is 3.13. The summed E-state index contributed by atoms with van der Waals surface area (Å²) in [5, 5.41) is 14.7. The number of aliphatic hydroxyl groups excluding tert-OH is 1. The Morgan fingerprint density at radius 1 is 1.37 bits per heavy atom. The third-order valence-electron chi connectivity index (χ3n) is 3.32. The summed E-state index contributed by atoms with van der Waals surface area (Å²) in [5.41, 5.74) is 2.53. The molecule has 0 amide bonds. The number of rotatable bonds is 4. The van der Waals surface area contributed by atoms with Crippen molar-refractivity contribution in [3.05, 3.63) is 47.3 Å². The molecule has 1 aliphatic rings. The van der Waals surface area contributed by atoms with Crippen molar-refractivity contribution in [2.24, 2.45) is 7.05 Å². The fraction of sp³-hybridized carbons (Fsp3) is 0.400. The van der Waals surface area contributed by atoms with Crippen molar-refractivity contribution in [1.82, 2.24) is 9.78 Å². The molecule has 4 nitrogen and oxygen atoms in total. The van der Waals surface area contributed by atoms with E-state index in [2.05, 4.69) is 5.10 Å². The predicted octanol–water partition coefficient (Wildman–Crippen LogP) is 2.35. The molecule has 1 saturated carbocycles. The Bertz CT molecular complexity index is 588. The van der Waals surface area contributed by atoms with E-state index in [-0.39, 0.29) is 0 Å². The minimum atomic E-state index is -0.672. The Morgan fingerprint density at radius 2 is 2.16 bits per heavy atom. The molecule has 19 heavy (non-hydrogen) atoms. The number of aliphatic hydroxyl groups is 1. The topological polar surface area (TPSA) is 47.3 Å². The molecule has 1 atom stereocenters. The van der Waals surface area contributed by atoms with Crippen LogP contribution in [0.15, 0.2) is 30.3 Å². The highest BCUT2D eigenvalue weighted by Crippen LogP contribution is 2.30. The first-order chi connectivity index (χ1) is 9.13. The van der Waals surface area contributed by atoms with Crippen LogP contribution in [0.25, 0.3) is 0 Å². The van der Waals surface area contributed by atoms with E-state index in [0.717, 1.165) is 35.5 Å². The molecule has 1 N–H and O–H groups in total. The number of ether oxygens (including phenoxy) is 1. The van der Waals surface area contributed by atoms with Gasteiger partial charge in [0, 0.05) is 7.05 Å². The van der Waals surface area contributed by atoms with E-state index < -0.39 is 6.10 Å². The SMILES string of the molecule is Cc1cc(C(O)c2cccc(OC3CC3)c2)n(C)n1. The average molecular weight is 258 g/mol. The van der Waals surface area contributed by atoms with Gasteiger partial charge in [-0.15, -0.1) is 0 Å². The van der Waals surface area contributed by atoms with E-state index in [1.165, 1.54) is 0 Å². The third kappa shape index (κ3) is 2.63. The van der Waals surface area contributed by atoms with Crippen molar-refractivity contribution in [2.45, 2.75) is 32.0 Å². The van der Waals surface area contributed by atoms with E-state index in [1.807, 2.05) is 44.3 Å². The van der Waals surface area contributed by atoms with E-state index in [1.54, 1.807) is 4.68 Å². The smallest absolute Gasteiger partial charge is 0.121 e. The molecule has 1 unspecified atom stereocenters. The van der Waals surface area contributed by atoms with Crippen molar-refractivity contribution in [1.29, 1.82) is 0 Å². The molecule has 0 radical (unpaired) electrons. The Kier molecular flexibility index (Phi) is 3.03. The highest BCUT2D eigenvalue weighted by molar-refractivity contribution is 5.34. The standard InChI is InChI=1S/C15H18N2O2/c1-10-8-14(17(2)16-10)15(18)11-4-3-5-13(9-11)19-12-6-7-12/h3-5,8-9,12,15,18H,6-7H2,1-2H3. The van der Waals surface area contributed by atoms with Crippen LogP contribution in [0.1, 0.15) is 35.9 Å². The van der Waals surface area contributed by atoms with E-state index in [0.29, 0.717) is 6.10 Å². The molecular formula is C15H18N2O2. The summed E-state index contributed by atoms with van der Waals surface area (Å²) >= 11 is 0. The van der Waals surface area contributed by atoms with Crippen molar-refractivity contribution >= 4 is 0 Å². The number of aryl methyl sites for hydroxylation is 2. The van der Waals surface area contributed by atoms with Gasteiger partial charge in [-0.3, -0.25) is 4.68 Å². The lowest BCUT2D eigenvalue weighted by Gasteiger charge is -2.13. The Balaban J connectivity index is 1.85. The molecule has 100 valence electrons. The van der Waals surface area contributed by atoms with E-state index in [4.69, 9.17) is 4.74 Å². The van der Waals surface area contributed by atoms with Crippen molar-refractivity contribution in [2.75, 3.05) is 0 Å². The van der Waals surface area contributed by atoms with Gasteiger partial charge in [-0.1, -0.05) is 12.1 Å². The Labute approximate surface area is 112 Å². The van der Waals surface area contributed by atoms with Crippen molar-refractivity contribution in [3.8, 4) is 5.75 Å². The zero-order valence-corrected chi connectivity index (χ0v) is 11.2. The van der Waals surface area contributed by atoms with Gasteiger partial charge in [-0.05, 0) is 43.5 Å². The van der Waals surface area contributed by atoms with Crippen molar-refractivity contribution < 1.29 is 9.84 Å². The minimum Gasteiger partial charge on any atom is -0.490 e. The van der Waals surface area contributed by atoms with Gasteiger partial charge in [0.25, 0.3) is 0 Å². The minimum absolute atomic E-state index is 0.367. The fourth-order valence-corrected chi connectivity index (χ4v) is 2.19. The molecule has 0 bridgehead atoms. The molecule has 1 fully saturated rings. The lowest BCUT2D eigenvalue weighted by Crippen LogP contribution is -2.07. The van der Waals surface area contributed by atoms with Crippen LogP contribution < -0.4 is 4.74 Å². The van der Waals surface area contributed by atoms with Gasteiger partial charge in [0.1, 0.15) is 11.9 Å². The molecule has 0 saturated heterocycles. The summed E-state index contributed by atoms with van der Waals surface area (Å²) in [6.45, 7) is 1.92. The van der Waals surface area contributed by atoms with Crippen LogP contribution in [-0.4, -0.2) is 21.0 Å². The summed E-state index contributed by atoms with van der Waals surface area (Å²) < 4.78 is 7.47. The number of benzene rings is 1. The van der Waals surface area contributed by atoms with Crippen LogP contribution in [0.2, 0.25) is 0 Å². The lowest BCUT2D eigenvalue weighted by atomic mass is 10.1. The van der Waals surface area contributed by atoms with Gasteiger partial charge in [-0.2, -0.15) is 5.10 Å². The third-order valence-corrected chi connectivity index (χ3v) is 3.32. The van der Waals surface area contributed by atoms with Crippen LogP contribution in [-0.2, 0) is 7.05 Å². The number of hydrogen-bond donors (Lipinski definition) is 1. The molecule has 0 spiro atoms. The second-order valence-corrected chi connectivity index (χ2v) is 5.13. The number of nitrogens with zero attached hydrogens (tertiary/aromatic N) is 2. The van der Waals surface area contributed by atoms with Crippen LogP contribution in [0.4, 0.5) is 0 Å². The van der Waals surface area contributed by atoms with Crippen LogP contribution in [0, 0.1) is 6.92 Å². The van der Waals surface area contributed by atoms with Crippen LogP contribution >= 0.6 is 0 Å². The zero-order valence-electron chi connectivity index (χ0n) is 11.2. The maximum atomic E-state index is 10.4. The second-order valence-electron chi connectivity index (χ2n) is 5.13. The highest BCUT2D eigenvalue weighted by Gasteiger charge is 2.24. The highest BCUT2D eigenvalue weighted by atomic mass is 16.5. The predicted molar refractivity (Wildman–Crippen MR) is 72.1 cm³/mol. The van der Waals surface area contributed by atoms with Gasteiger partial charge in [0.2, 0.25) is 0 Å². The quantitative estimate of drug-likeness (QED) is 0.915. The molecule has 1 heterocycles. The molecule has 1 aromatic carbocycles. The second kappa shape index (κ2) is 4.70. The van der Waals surface area contributed by atoms with Gasteiger partial charge in [-0.25, -0.2) is 0 Å². The first kappa shape index (κ1) is 12.2. The number of aromatic nitrogens is 2. The molecule has 2 aromatic rings. The first-order valence-electron chi connectivity index (χ1n) is 6.59. The van der Waals surface area contributed by atoms with Gasteiger partial charge >= 0.3 is 0 Å².